The van der Waals surface area contributed by atoms with Crippen molar-refractivity contribution in [3.8, 4) is 0 Å². The molecule has 2 heteroatoms. The zero-order valence-corrected chi connectivity index (χ0v) is 5.23. The van der Waals surface area contributed by atoms with Gasteiger partial charge in [-0.15, -0.1) is 0 Å². The highest BCUT2D eigenvalue weighted by molar-refractivity contribution is 5.00. The Balaban J connectivity index is 2.58. The maximum absolute atomic E-state index is 5.07. The molecule has 0 radical (unpaired) electrons. The van der Waals surface area contributed by atoms with Crippen molar-refractivity contribution in [3.05, 3.63) is 11.5 Å². The summed E-state index contributed by atoms with van der Waals surface area (Å²) in [6.07, 6.45) is 0.936. The largest absolute Gasteiger partial charge is 0.459 e. The number of ether oxygens (including phenoxy) is 2. The van der Waals surface area contributed by atoms with E-state index in [-0.39, 0.29) is 0 Å². The molecule has 1 aliphatic rings. The van der Waals surface area contributed by atoms with Crippen LogP contribution < -0.4 is 0 Å². The molecule has 0 spiro atoms. The predicted molar refractivity (Wildman–Crippen MR) is 30.0 cm³/mol. The van der Waals surface area contributed by atoms with E-state index in [2.05, 4.69) is 0 Å². The molecule has 0 amide bonds. The molecule has 0 unspecified atom stereocenters. The zero-order chi connectivity index (χ0) is 5.98. The van der Waals surface area contributed by atoms with Crippen LogP contribution in [0.25, 0.3) is 0 Å². The van der Waals surface area contributed by atoms with Gasteiger partial charge in [0.25, 0.3) is 0 Å². The second-order valence-electron chi connectivity index (χ2n) is 1.74. The second-order valence-corrected chi connectivity index (χ2v) is 1.74. The van der Waals surface area contributed by atoms with Gasteiger partial charge in [-0.25, -0.2) is 0 Å². The minimum atomic E-state index is 0.412. The van der Waals surface area contributed by atoms with Gasteiger partial charge in [-0.3, -0.25) is 0 Å². The number of rotatable bonds is 1. The number of allylic oxidation sites excluding steroid dienone is 2. The van der Waals surface area contributed by atoms with E-state index in [0.29, 0.717) is 6.79 Å². The van der Waals surface area contributed by atoms with Gasteiger partial charge in [0.05, 0.1) is 0 Å². The summed E-state index contributed by atoms with van der Waals surface area (Å²) in [5, 5.41) is 0. The lowest BCUT2D eigenvalue weighted by Crippen LogP contribution is -1.81. The maximum atomic E-state index is 5.07. The molecule has 0 saturated heterocycles. The van der Waals surface area contributed by atoms with Crippen LogP contribution >= 0.6 is 0 Å². The van der Waals surface area contributed by atoms with Gasteiger partial charge >= 0.3 is 0 Å². The summed E-state index contributed by atoms with van der Waals surface area (Å²) < 4.78 is 10.1. The molecule has 0 aromatic heterocycles. The molecule has 0 atom stereocenters. The molecule has 0 aromatic rings. The molecule has 1 aliphatic heterocycles. The summed E-state index contributed by atoms with van der Waals surface area (Å²) in [4.78, 5) is 0. The molecule has 8 heavy (non-hydrogen) atoms. The highest BCUT2D eigenvalue weighted by Crippen LogP contribution is 2.17. The fraction of sp³-hybridized carbons (Fsp3) is 0.667. The van der Waals surface area contributed by atoms with Gasteiger partial charge in [-0.05, 0) is 6.92 Å². The molecule has 46 valence electrons. The second kappa shape index (κ2) is 2.07. The van der Waals surface area contributed by atoms with Crippen molar-refractivity contribution < 1.29 is 9.47 Å². The SMILES string of the molecule is CCC1=C(C)OCO1. The molecule has 1 rings (SSSR count). The van der Waals surface area contributed by atoms with E-state index in [0.717, 1.165) is 17.9 Å². The van der Waals surface area contributed by atoms with E-state index >= 15 is 0 Å². The minimum absolute atomic E-state index is 0.412. The first-order chi connectivity index (χ1) is 3.84. The van der Waals surface area contributed by atoms with Gasteiger partial charge in [-0.1, -0.05) is 6.92 Å². The van der Waals surface area contributed by atoms with Gasteiger partial charge in [0, 0.05) is 6.42 Å². The topological polar surface area (TPSA) is 18.5 Å². The summed E-state index contributed by atoms with van der Waals surface area (Å²) in [6, 6.07) is 0. The molecule has 1 heterocycles. The van der Waals surface area contributed by atoms with E-state index in [1.807, 2.05) is 13.8 Å². The Kier molecular flexibility index (Phi) is 1.42. The molecule has 0 aromatic carbocycles. The van der Waals surface area contributed by atoms with E-state index < -0.39 is 0 Å². The number of hydrogen-bond donors (Lipinski definition) is 0. The third-order valence-corrected chi connectivity index (χ3v) is 1.22. The van der Waals surface area contributed by atoms with E-state index in [1.165, 1.54) is 0 Å². The van der Waals surface area contributed by atoms with Crippen LogP contribution in [-0.4, -0.2) is 6.79 Å². The average molecular weight is 114 g/mol. The van der Waals surface area contributed by atoms with Crippen molar-refractivity contribution in [1.82, 2.24) is 0 Å². The Bertz CT molecular complexity index is 116. The molecule has 0 saturated carbocycles. The van der Waals surface area contributed by atoms with Crippen molar-refractivity contribution >= 4 is 0 Å². The molecule has 0 aliphatic carbocycles. The van der Waals surface area contributed by atoms with Crippen LogP contribution in [0.4, 0.5) is 0 Å². The van der Waals surface area contributed by atoms with Gasteiger partial charge in [0.1, 0.15) is 11.5 Å². The molecule has 0 fully saturated rings. The highest BCUT2D eigenvalue weighted by Gasteiger charge is 2.09. The summed E-state index contributed by atoms with van der Waals surface area (Å²) in [5.74, 6) is 1.93. The Labute approximate surface area is 49.1 Å². The summed E-state index contributed by atoms with van der Waals surface area (Å²) in [7, 11) is 0. The average Bonchev–Trinajstić information content (AvgIpc) is 2.14. The fourth-order valence-corrected chi connectivity index (χ4v) is 0.722. The molecule has 0 N–H and O–H groups in total. The Morgan fingerprint density at radius 2 is 2.25 bits per heavy atom. The van der Waals surface area contributed by atoms with Crippen molar-refractivity contribution in [1.29, 1.82) is 0 Å². The minimum Gasteiger partial charge on any atom is -0.459 e. The summed E-state index contributed by atoms with van der Waals surface area (Å²) in [5.41, 5.74) is 0. The Morgan fingerprint density at radius 1 is 1.50 bits per heavy atom. The lowest BCUT2D eigenvalue weighted by Gasteiger charge is -1.92. The molecule has 0 bridgehead atoms. The monoisotopic (exact) mass is 114 g/mol. The van der Waals surface area contributed by atoms with Crippen LogP contribution in [0, 0.1) is 0 Å². The summed E-state index contributed by atoms with van der Waals surface area (Å²) >= 11 is 0. The van der Waals surface area contributed by atoms with Crippen LogP contribution in [-0.2, 0) is 9.47 Å². The van der Waals surface area contributed by atoms with E-state index in [9.17, 15) is 0 Å². The smallest absolute Gasteiger partial charge is 0.230 e. The summed E-state index contributed by atoms with van der Waals surface area (Å²) in [6.45, 7) is 4.38. The lowest BCUT2D eigenvalue weighted by atomic mass is 10.3. The number of hydrogen-bond acceptors (Lipinski definition) is 2. The quantitative estimate of drug-likeness (QED) is 0.515. The van der Waals surface area contributed by atoms with Crippen LogP contribution in [0.2, 0.25) is 0 Å². The van der Waals surface area contributed by atoms with Gasteiger partial charge in [0.15, 0.2) is 0 Å². The zero-order valence-electron chi connectivity index (χ0n) is 5.23. The normalized spacial score (nSPS) is 18.2. The third-order valence-electron chi connectivity index (χ3n) is 1.22. The molecule has 2 nitrogen and oxygen atoms in total. The molecular formula is C6H10O2. The first-order valence-electron chi connectivity index (χ1n) is 2.80. The first-order valence-corrected chi connectivity index (χ1v) is 2.80. The van der Waals surface area contributed by atoms with Gasteiger partial charge in [-0.2, -0.15) is 0 Å². The third kappa shape index (κ3) is 0.782. The van der Waals surface area contributed by atoms with E-state index in [1.54, 1.807) is 0 Å². The van der Waals surface area contributed by atoms with E-state index in [4.69, 9.17) is 9.47 Å². The maximum Gasteiger partial charge on any atom is 0.230 e. The van der Waals surface area contributed by atoms with Crippen molar-refractivity contribution in [2.24, 2.45) is 0 Å². The van der Waals surface area contributed by atoms with Crippen LogP contribution in [0.5, 0.6) is 0 Å². The Morgan fingerprint density at radius 3 is 2.50 bits per heavy atom. The van der Waals surface area contributed by atoms with Crippen LogP contribution in [0.1, 0.15) is 20.3 Å². The standard InChI is InChI=1S/C6H10O2/c1-3-6-5(2)7-4-8-6/h3-4H2,1-2H3. The predicted octanol–water partition coefficient (Wildman–Crippen LogP) is 1.63. The van der Waals surface area contributed by atoms with Crippen molar-refractivity contribution in [2.75, 3.05) is 6.79 Å². The molecular weight excluding hydrogens is 104 g/mol. The van der Waals surface area contributed by atoms with Crippen LogP contribution in [0.15, 0.2) is 11.5 Å². The van der Waals surface area contributed by atoms with Gasteiger partial charge in [0.2, 0.25) is 6.79 Å². The Hall–Kier alpha value is -0.660. The lowest BCUT2D eigenvalue weighted by molar-refractivity contribution is 0.0701. The highest BCUT2D eigenvalue weighted by atomic mass is 16.7. The van der Waals surface area contributed by atoms with Crippen molar-refractivity contribution in [3.63, 3.8) is 0 Å². The van der Waals surface area contributed by atoms with Gasteiger partial charge < -0.3 is 9.47 Å². The first kappa shape index (κ1) is 5.48. The van der Waals surface area contributed by atoms with Crippen molar-refractivity contribution in [2.45, 2.75) is 20.3 Å². The fourth-order valence-electron chi connectivity index (χ4n) is 0.722. The van der Waals surface area contributed by atoms with Crippen LogP contribution in [0.3, 0.4) is 0 Å².